The molecule has 1 N–H and O–H groups in total. The number of halogens is 1. The van der Waals surface area contributed by atoms with Gasteiger partial charge in [-0.15, -0.1) is 24.0 Å². The van der Waals surface area contributed by atoms with E-state index in [1.165, 1.54) is 35.1 Å². The molecule has 1 heterocycles. The van der Waals surface area contributed by atoms with E-state index < -0.39 is 0 Å². The van der Waals surface area contributed by atoms with Crippen LogP contribution in [-0.2, 0) is 6.42 Å². The molecule has 1 aromatic rings. The van der Waals surface area contributed by atoms with Crippen LogP contribution in [0.5, 0.6) is 0 Å². The lowest BCUT2D eigenvalue weighted by atomic mass is 9.97. The van der Waals surface area contributed by atoms with Crippen LogP contribution < -0.4 is 5.32 Å². The van der Waals surface area contributed by atoms with Crippen molar-refractivity contribution >= 4 is 29.9 Å². The van der Waals surface area contributed by atoms with Gasteiger partial charge in [0.05, 0.1) is 0 Å². The highest BCUT2D eigenvalue weighted by Gasteiger charge is 2.15. The van der Waals surface area contributed by atoms with Gasteiger partial charge in [0.15, 0.2) is 5.96 Å². The molecule has 1 aliphatic rings. The fourth-order valence-corrected chi connectivity index (χ4v) is 3.23. The largest absolute Gasteiger partial charge is 0.357 e. The Hall–Kier alpha value is -0.780. The van der Waals surface area contributed by atoms with E-state index >= 15 is 0 Å². The molecule has 124 valence electrons. The van der Waals surface area contributed by atoms with Gasteiger partial charge in [0, 0.05) is 26.2 Å². The molecular weight excluding hydrogens is 385 g/mol. The van der Waals surface area contributed by atoms with Crippen molar-refractivity contribution in [2.75, 3.05) is 26.2 Å². The third kappa shape index (κ3) is 5.14. The average molecular weight is 415 g/mol. The summed E-state index contributed by atoms with van der Waals surface area (Å²) in [6, 6.07) is 4.55. The highest BCUT2D eigenvalue weighted by Crippen LogP contribution is 2.17. The number of benzene rings is 1. The normalized spacial score (nSPS) is 14.9. The van der Waals surface area contributed by atoms with Gasteiger partial charge in [0.2, 0.25) is 0 Å². The van der Waals surface area contributed by atoms with Crippen molar-refractivity contribution in [3.63, 3.8) is 0 Å². The van der Waals surface area contributed by atoms with Gasteiger partial charge < -0.3 is 10.2 Å². The molecule has 0 bridgehead atoms. The number of hydrogen-bond donors (Lipinski definition) is 1. The molecule has 4 heteroatoms. The molecule has 2 rings (SSSR count). The molecule has 0 aliphatic carbocycles. The molecule has 1 aliphatic heterocycles. The van der Waals surface area contributed by atoms with E-state index in [2.05, 4.69) is 50.0 Å². The second-order valence-corrected chi connectivity index (χ2v) is 6.06. The molecule has 3 nitrogen and oxygen atoms in total. The lowest BCUT2D eigenvalue weighted by Gasteiger charge is -2.20. The predicted molar refractivity (Wildman–Crippen MR) is 107 cm³/mol. The third-order valence-corrected chi connectivity index (χ3v) is 4.20. The van der Waals surface area contributed by atoms with E-state index in [4.69, 9.17) is 4.99 Å². The Labute approximate surface area is 152 Å². The zero-order chi connectivity index (χ0) is 15.2. The van der Waals surface area contributed by atoms with E-state index in [1.54, 1.807) is 0 Å². The van der Waals surface area contributed by atoms with Gasteiger partial charge in [-0.25, -0.2) is 0 Å². The first kappa shape index (κ1) is 19.3. The number of hydrogen-bond acceptors (Lipinski definition) is 1. The smallest absolute Gasteiger partial charge is 0.193 e. The van der Waals surface area contributed by atoms with Crippen molar-refractivity contribution in [1.29, 1.82) is 0 Å². The summed E-state index contributed by atoms with van der Waals surface area (Å²) in [4.78, 5) is 7.21. The van der Waals surface area contributed by atoms with Crippen molar-refractivity contribution in [3.8, 4) is 0 Å². The first-order valence-electron chi connectivity index (χ1n) is 8.21. The zero-order valence-electron chi connectivity index (χ0n) is 14.4. The van der Waals surface area contributed by atoms with Crippen LogP contribution in [0.4, 0.5) is 0 Å². The zero-order valence-corrected chi connectivity index (χ0v) is 16.7. The predicted octanol–water partition coefficient (Wildman–Crippen LogP) is 3.83. The molecule has 0 amide bonds. The Morgan fingerprint density at radius 1 is 1.14 bits per heavy atom. The molecule has 22 heavy (non-hydrogen) atoms. The van der Waals surface area contributed by atoms with Gasteiger partial charge in [-0.2, -0.15) is 0 Å². The second kappa shape index (κ2) is 9.38. The Balaban J connectivity index is 0.00000242. The first-order valence-corrected chi connectivity index (χ1v) is 8.21. The van der Waals surface area contributed by atoms with Crippen LogP contribution in [-0.4, -0.2) is 37.0 Å². The summed E-state index contributed by atoms with van der Waals surface area (Å²) in [5, 5.41) is 3.43. The minimum absolute atomic E-state index is 0. The number of rotatable bonds is 4. The summed E-state index contributed by atoms with van der Waals surface area (Å²) >= 11 is 0. The molecular formula is C18H30IN3. The van der Waals surface area contributed by atoms with E-state index in [-0.39, 0.29) is 24.0 Å². The lowest BCUT2D eigenvalue weighted by Crippen LogP contribution is -2.39. The number of likely N-dealkylation sites (tertiary alicyclic amines) is 1. The molecule has 1 fully saturated rings. The van der Waals surface area contributed by atoms with Crippen LogP contribution in [0.3, 0.4) is 0 Å². The Morgan fingerprint density at radius 3 is 2.27 bits per heavy atom. The first-order chi connectivity index (χ1) is 10.1. The van der Waals surface area contributed by atoms with Crippen LogP contribution in [0, 0.1) is 20.8 Å². The average Bonchev–Trinajstić information content (AvgIpc) is 2.94. The summed E-state index contributed by atoms with van der Waals surface area (Å²) in [6.45, 7) is 12.8. The quantitative estimate of drug-likeness (QED) is 0.460. The standard InChI is InChI=1S/C18H29N3.HI/c1-5-19-18(21-10-6-7-11-21)20-9-8-17-15(3)12-14(2)13-16(17)4;/h12-13H,5-11H2,1-4H3,(H,19,20);1H. The maximum absolute atomic E-state index is 4.83. The monoisotopic (exact) mass is 415 g/mol. The Morgan fingerprint density at radius 2 is 1.73 bits per heavy atom. The third-order valence-electron chi connectivity index (χ3n) is 4.20. The van der Waals surface area contributed by atoms with E-state index in [0.29, 0.717) is 0 Å². The fourth-order valence-electron chi connectivity index (χ4n) is 3.23. The highest BCUT2D eigenvalue weighted by atomic mass is 127. The summed E-state index contributed by atoms with van der Waals surface area (Å²) < 4.78 is 0. The van der Waals surface area contributed by atoms with E-state index in [9.17, 15) is 0 Å². The van der Waals surface area contributed by atoms with Crippen molar-refractivity contribution in [2.45, 2.75) is 47.0 Å². The molecule has 0 spiro atoms. The Kier molecular flexibility index (Phi) is 8.21. The Bertz CT molecular complexity index is 482. The fraction of sp³-hybridized carbons (Fsp3) is 0.611. The van der Waals surface area contributed by atoms with Gasteiger partial charge >= 0.3 is 0 Å². The number of guanidine groups is 1. The van der Waals surface area contributed by atoms with Crippen molar-refractivity contribution in [1.82, 2.24) is 10.2 Å². The van der Waals surface area contributed by atoms with Crippen molar-refractivity contribution < 1.29 is 0 Å². The summed E-state index contributed by atoms with van der Waals surface area (Å²) in [5.74, 6) is 1.09. The van der Waals surface area contributed by atoms with Crippen LogP contribution in [0.15, 0.2) is 17.1 Å². The summed E-state index contributed by atoms with van der Waals surface area (Å²) in [7, 11) is 0. The van der Waals surface area contributed by atoms with Gasteiger partial charge in [-0.05, 0) is 63.6 Å². The molecule has 0 aromatic heterocycles. The molecule has 0 radical (unpaired) electrons. The number of nitrogens with zero attached hydrogens (tertiary/aromatic N) is 2. The molecule has 0 saturated carbocycles. The van der Waals surface area contributed by atoms with Gasteiger partial charge in [-0.1, -0.05) is 17.7 Å². The van der Waals surface area contributed by atoms with Crippen LogP contribution in [0.1, 0.15) is 42.0 Å². The van der Waals surface area contributed by atoms with Gasteiger partial charge in [0.1, 0.15) is 0 Å². The minimum Gasteiger partial charge on any atom is -0.357 e. The summed E-state index contributed by atoms with van der Waals surface area (Å²) in [5.41, 5.74) is 5.60. The number of aryl methyl sites for hydroxylation is 3. The van der Waals surface area contributed by atoms with E-state index in [1.807, 2.05) is 0 Å². The molecule has 1 aromatic carbocycles. The van der Waals surface area contributed by atoms with E-state index in [0.717, 1.165) is 38.6 Å². The summed E-state index contributed by atoms with van der Waals surface area (Å²) in [6.07, 6.45) is 3.61. The maximum Gasteiger partial charge on any atom is 0.193 e. The van der Waals surface area contributed by atoms with Gasteiger partial charge in [0.25, 0.3) is 0 Å². The topological polar surface area (TPSA) is 27.6 Å². The van der Waals surface area contributed by atoms with Crippen molar-refractivity contribution in [3.05, 3.63) is 34.4 Å². The van der Waals surface area contributed by atoms with Gasteiger partial charge in [-0.3, -0.25) is 4.99 Å². The highest BCUT2D eigenvalue weighted by molar-refractivity contribution is 14.0. The van der Waals surface area contributed by atoms with Crippen LogP contribution in [0.2, 0.25) is 0 Å². The lowest BCUT2D eigenvalue weighted by molar-refractivity contribution is 0.494. The maximum atomic E-state index is 4.83. The SMILES string of the molecule is CCNC(=NCCc1c(C)cc(C)cc1C)N1CCCC1.I. The molecule has 0 unspecified atom stereocenters. The molecule has 0 atom stereocenters. The second-order valence-electron chi connectivity index (χ2n) is 6.06. The number of nitrogens with one attached hydrogen (secondary N) is 1. The minimum atomic E-state index is 0. The van der Waals surface area contributed by atoms with Crippen LogP contribution in [0.25, 0.3) is 0 Å². The van der Waals surface area contributed by atoms with Crippen LogP contribution >= 0.6 is 24.0 Å². The van der Waals surface area contributed by atoms with Crippen molar-refractivity contribution in [2.24, 2.45) is 4.99 Å². The number of aliphatic imine (C=N–C) groups is 1. The molecule has 1 saturated heterocycles.